The van der Waals surface area contributed by atoms with Gasteiger partial charge in [-0.25, -0.2) is 0 Å². The molecule has 0 fully saturated rings. The Morgan fingerprint density at radius 3 is 2.11 bits per heavy atom. The second-order valence-corrected chi connectivity index (χ2v) is 3.59. The van der Waals surface area contributed by atoms with Crippen molar-refractivity contribution in [3.05, 3.63) is 23.8 Å². The van der Waals surface area contributed by atoms with Crippen LogP contribution in [0, 0.1) is 0 Å². The highest BCUT2D eigenvalue weighted by Crippen LogP contribution is 2.32. The summed E-state index contributed by atoms with van der Waals surface area (Å²) in [5.41, 5.74) is 4.19. The van der Waals surface area contributed by atoms with Gasteiger partial charge in [0, 0.05) is 6.54 Å². The molecule has 0 saturated carbocycles. The molecule has 0 heterocycles. The van der Waals surface area contributed by atoms with Gasteiger partial charge in [-0.15, -0.1) is 0 Å². The smallest absolute Gasteiger partial charge is 0.397 e. The molecular weight excluding hydrogens is 262 g/mol. The Morgan fingerprint density at radius 1 is 1.06 bits per heavy atom. The van der Waals surface area contributed by atoms with E-state index in [4.69, 9.17) is 5.73 Å². The highest BCUT2D eigenvalue weighted by Gasteiger charge is 2.31. The van der Waals surface area contributed by atoms with Crippen molar-refractivity contribution in [2.45, 2.75) is 18.8 Å². The summed E-state index contributed by atoms with van der Waals surface area (Å²) >= 11 is 0. The Bertz CT molecular complexity index is 410. The molecule has 1 aromatic rings. The zero-order valence-electron chi connectivity index (χ0n) is 8.99. The molecule has 1 rings (SSSR count). The molecule has 0 aliphatic heterocycles. The van der Waals surface area contributed by atoms with Crippen molar-refractivity contribution in [1.29, 1.82) is 0 Å². The van der Waals surface area contributed by atoms with E-state index in [0.717, 1.165) is 12.1 Å². The van der Waals surface area contributed by atoms with E-state index in [9.17, 15) is 26.3 Å². The van der Waals surface area contributed by atoms with Crippen LogP contribution in [0.5, 0.6) is 0 Å². The van der Waals surface area contributed by atoms with Crippen LogP contribution in [0.15, 0.2) is 18.2 Å². The Morgan fingerprint density at radius 2 is 1.67 bits per heavy atom. The molecule has 0 atom stereocenters. The number of halogens is 6. The average Bonchev–Trinajstić information content (AvgIpc) is 2.17. The van der Waals surface area contributed by atoms with Gasteiger partial charge >= 0.3 is 12.4 Å². The fourth-order valence-corrected chi connectivity index (χ4v) is 1.24. The molecule has 0 aliphatic carbocycles. The van der Waals surface area contributed by atoms with E-state index in [1.807, 2.05) is 0 Å². The van der Waals surface area contributed by atoms with Gasteiger partial charge in [-0.3, -0.25) is 0 Å². The van der Waals surface area contributed by atoms with Gasteiger partial charge in [0.05, 0.1) is 23.4 Å². The lowest BCUT2D eigenvalue weighted by atomic mass is 10.1. The molecule has 1 aromatic carbocycles. The molecule has 8 heteroatoms. The number of nitrogens with one attached hydrogen (secondary N) is 1. The first-order valence-corrected chi connectivity index (χ1v) is 4.87. The third-order valence-corrected chi connectivity index (χ3v) is 2.10. The first-order chi connectivity index (χ1) is 8.09. The summed E-state index contributed by atoms with van der Waals surface area (Å²) in [4.78, 5) is 0. The zero-order valence-corrected chi connectivity index (χ0v) is 8.99. The van der Waals surface area contributed by atoms with E-state index < -0.39 is 30.9 Å². The van der Waals surface area contributed by atoms with Crippen LogP contribution in [0.1, 0.15) is 12.0 Å². The number of hydrogen-bond acceptors (Lipinski definition) is 2. The van der Waals surface area contributed by atoms with Crippen LogP contribution in [0.2, 0.25) is 0 Å². The summed E-state index contributed by atoms with van der Waals surface area (Å²) in [6.45, 7) is -0.445. The van der Waals surface area contributed by atoms with Crippen LogP contribution >= 0.6 is 0 Å². The number of nitrogens with two attached hydrogens (primary N) is 1. The summed E-state index contributed by atoms with van der Waals surface area (Å²) in [6, 6.07) is 2.44. The van der Waals surface area contributed by atoms with E-state index in [-0.39, 0.29) is 11.4 Å². The predicted octanol–water partition coefficient (Wildman–Crippen LogP) is 3.65. The van der Waals surface area contributed by atoms with E-state index >= 15 is 0 Å². The van der Waals surface area contributed by atoms with Crippen LogP contribution in [0.4, 0.5) is 37.7 Å². The molecule has 0 spiro atoms. The second kappa shape index (κ2) is 4.95. The van der Waals surface area contributed by atoms with Gasteiger partial charge in [0.1, 0.15) is 0 Å². The number of hydrogen-bond donors (Lipinski definition) is 2. The Labute approximate surface area is 98.8 Å². The van der Waals surface area contributed by atoms with Gasteiger partial charge in [-0.1, -0.05) is 0 Å². The third kappa shape index (κ3) is 4.34. The number of rotatable bonds is 3. The number of alkyl halides is 6. The molecule has 0 unspecified atom stereocenters. The fraction of sp³-hybridized carbons (Fsp3) is 0.400. The van der Waals surface area contributed by atoms with E-state index in [1.54, 1.807) is 0 Å². The lowest BCUT2D eigenvalue weighted by molar-refractivity contribution is -0.137. The van der Waals surface area contributed by atoms with Crippen LogP contribution in [0.3, 0.4) is 0 Å². The number of anilines is 2. The maximum Gasteiger partial charge on any atom is 0.416 e. The lowest BCUT2D eigenvalue weighted by Gasteiger charge is -2.13. The predicted molar refractivity (Wildman–Crippen MR) is 55.0 cm³/mol. The fourth-order valence-electron chi connectivity index (χ4n) is 1.24. The second-order valence-electron chi connectivity index (χ2n) is 3.59. The molecule has 3 N–H and O–H groups in total. The van der Waals surface area contributed by atoms with E-state index in [2.05, 4.69) is 5.32 Å². The minimum Gasteiger partial charge on any atom is -0.397 e. The average molecular weight is 272 g/mol. The maximum absolute atomic E-state index is 12.3. The van der Waals surface area contributed by atoms with Crippen molar-refractivity contribution in [2.24, 2.45) is 0 Å². The highest BCUT2D eigenvalue weighted by molar-refractivity contribution is 5.67. The van der Waals surface area contributed by atoms with Crippen molar-refractivity contribution < 1.29 is 26.3 Å². The minimum atomic E-state index is -4.53. The number of nitrogen functional groups attached to an aromatic ring is 1. The third-order valence-electron chi connectivity index (χ3n) is 2.10. The van der Waals surface area contributed by atoms with Crippen molar-refractivity contribution >= 4 is 11.4 Å². The van der Waals surface area contributed by atoms with Crippen LogP contribution in [-0.2, 0) is 6.18 Å². The topological polar surface area (TPSA) is 38.0 Å². The van der Waals surface area contributed by atoms with Gasteiger partial charge in [-0.05, 0) is 18.2 Å². The van der Waals surface area contributed by atoms with E-state index in [0.29, 0.717) is 6.07 Å². The summed E-state index contributed by atoms with van der Waals surface area (Å²) in [5, 5.41) is 2.34. The number of benzene rings is 1. The first kappa shape index (κ1) is 14.5. The maximum atomic E-state index is 12.3. The minimum absolute atomic E-state index is 0.0484. The Kier molecular flexibility index (Phi) is 3.98. The summed E-state index contributed by atoms with van der Waals surface area (Å²) < 4.78 is 72.4. The molecule has 0 bridgehead atoms. The van der Waals surface area contributed by atoms with Gasteiger partial charge in [0.25, 0.3) is 0 Å². The lowest BCUT2D eigenvalue weighted by Crippen LogP contribution is -2.15. The molecule has 0 saturated heterocycles. The quantitative estimate of drug-likeness (QED) is 0.651. The Hall–Kier alpha value is -1.60. The van der Waals surface area contributed by atoms with Gasteiger partial charge in [0.15, 0.2) is 0 Å². The van der Waals surface area contributed by atoms with Gasteiger partial charge < -0.3 is 11.1 Å². The standard InChI is InChI=1S/C10H10F6N2/c11-9(12,13)3-4-18-8-2-1-6(5-7(8)17)10(14,15)16/h1-2,5,18H,3-4,17H2. The first-order valence-electron chi connectivity index (χ1n) is 4.87. The molecule has 18 heavy (non-hydrogen) atoms. The summed E-state index contributed by atoms with van der Waals surface area (Å²) in [6.07, 6.45) is -9.94. The largest absolute Gasteiger partial charge is 0.416 e. The zero-order chi connectivity index (χ0) is 14.0. The van der Waals surface area contributed by atoms with Crippen molar-refractivity contribution in [2.75, 3.05) is 17.6 Å². The van der Waals surface area contributed by atoms with Gasteiger partial charge in [0.2, 0.25) is 0 Å². The van der Waals surface area contributed by atoms with Crippen molar-refractivity contribution in [3.63, 3.8) is 0 Å². The van der Waals surface area contributed by atoms with Crippen LogP contribution in [-0.4, -0.2) is 12.7 Å². The van der Waals surface area contributed by atoms with E-state index in [1.165, 1.54) is 0 Å². The highest BCUT2D eigenvalue weighted by atomic mass is 19.4. The molecular formula is C10H10F6N2. The Balaban J connectivity index is 2.69. The van der Waals surface area contributed by atoms with Crippen LogP contribution < -0.4 is 11.1 Å². The van der Waals surface area contributed by atoms with Gasteiger partial charge in [-0.2, -0.15) is 26.3 Å². The molecule has 102 valence electrons. The molecule has 0 radical (unpaired) electrons. The summed E-state index contributed by atoms with van der Waals surface area (Å²) in [5.74, 6) is 0. The SMILES string of the molecule is Nc1cc(C(F)(F)F)ccc1NCCC(F)(F)F. The molecule has 0 amide bonds. The normalized spacial score (nSPS) is 12.6. The van der Waals surface area contributed by atoms with Crippen LogP contribution in [0.25, 0.3) is 0 Å². The molecule has 0 aliphatic rings. The summed E-state index contributed by atoms with van der Waals surface area (Å²) in [7, 11) is 0. The van der Waals surface area contributed by atoms with Crippen molar-refractivity contribution in [3.8, 4) is 0 Å². The monoisotopic (exact) mass is 272 g/mol. The molecule has 0 aromatic heterocycles. The molecule has 2 nitrogen and oxygen atoms in total. The van der Waals surface area contributed by atoms with Crippen molar-refractivity contribution in [1.82, 2.24) is 0 Å².